The van der Waals surface area contributed by atoms with Crippen LogP contribution in [0.15, 0.2) is 24.3 Å². The van der Waals surface area contributed by atoms with Crippen LogP contribution in [-0.4, -0.2) is 55.0 Å². The molecule has 1 unspecified atom stereocenters. The molecular formula is C22H32N2O5. The maximum absolute atomic E-state index is 12.9. The van der Waals surface area contributed by atoms with Crippen LogP contribution in [0.1, 0.15) is 62.7 Å². The second-order valence-corrected chi connectivity index (χ2v) is 7.16. The lowest BCUT2D eigenvalue weighted by molar-refractivity contribution is -0.147. The molecule has 1 aromatic rings. The number of unbranched alkanes of at least 4 members (excludes halogenated alkanes) is 3. The number of benzene rings is 1. The van der Waals surface area contributed by atoms with Gasteiger partial charge < -0.3 is 19.7 Å². The van der Waals surface area contributed by atoms with E-state index in [1.54, 1.807) is 24.3 Å². The van der Waals surface area contributed by atoms with E-state index in [9.17, 15) is 14.4 Å². The molecule has 160 valence electrons. The van der Waals surface area contributed by atoms with Crippen LogP contribution in [0.4, 0.5) is 0 Å². The summed E-state index contributed by atoms with van der Waals surface area (Å²) < 4.78 is 10.8. The first-order valence-electron chi connectivity index (χ1n) is 10.5. The Kier molecular flexibility index (Phi) is 9.47. The number of esters is 1. The Bertz CT molecular complexity index is 674. The van der Waals surface area contributed by atoms with Gasteiger partial charge in [0.25, 0.3) is 5.91 Å². The second kappa shape index (κ2) is 12.1. The number of rotatable bonds is 11. The number of hydrogen-bond donors (Lipinski definition) is 1. The quantitative estimate of drug-likeness (QED) is 0.453. The van der Waals surface area contributed by atoms with Gasteiger partial charge in [0.1, 0.15) is 11.8 Å². The summed E-state index contributed by atoms with van der Waals surface area (Å²) in [6, 6.07) is 6.07. The normalized spacial score (nSPS) is 16.3. The van der Waals surface area contributed by atoms with Crippen LogP contribution in [0.5, 0.6) is 5.75 Å². The summed E-state index contributed by atoms with van der Waals surface area (Å²) in [6.45, 7) is 5.74. The van der Waals surface area contributed by atoms with E-state index in [2.05, 4.69) is 12.2 Å². The Labute approximate surface area is 172 Å². The minimum atomic E-state index is -0.852. The Balaban J connectivity index is 1.96. The maximum atomic E-state index is 12.9. The van der Waals surface area contributed by atoms with Crippen molar-refractivity contribution in [2.24, 2.45) is 0 Å². The van der Waals surface area contributed by atoms with Crippen LogP contribution in [0.3, 0.4) is 0 Å². The molecule has 2 amide bonds. The van der Waals surface area contributed by atoms with E-state index in [1.165, 1.54) is 17.7 Å². The van der Waals surface area contributed by atoms with Crippen molar-refractivity contribution in [2.45, 2.75) is 58.4 Å². The molecule has 0 aromatic heterocycles. The summed E-state index contributed by atoms with van der Waals surface area (Å²) in [6.07, 6.45) is 5.10. The molecule has 2 rings (SSSR count). The van der Waals surface area contributed by atoms with E-state index in [4.69, 9.17) is 9.47 Å². The molecule has 0 spiro atoms. The molecule has 0 bridgehead atoms. The van der Waals surface area contributed by atoms with Crippen LogP contribution >= 0.6 is 0 Å². The van der Waals surface area contributed by atoms with Crippen LogP contribution in [0, 0.1) is 0 Å². The number of amides is 2. The fraction of sp³-hybridized carbons (Fsp3) is 0.591. The van der Waals surface area contributed by atoms with Crippen molar-refractivity contribution in [3.63, 3.8) is 0 Å². The van der Waals surface area contributed by atoms with E-state index in [0.29, 0.717) is 44.0 Å². The average molecular weight is 405 g/mol. The minimum Gasteiger partial charge on any atom is -0.494 e. The standard InChI is InChI=1S/C22H32N2O5/c1-3-5-6-7-15-28-18-10-8-17(9-11-18)22(27)24-13-12-23-21(26)19(24)16-20(25)29-14-4-2/h8-11,19H,3-7,12-16H2,1-2H3,(H,23,26). The third-order valence-electron chi connectivity index (χ3n) is 4.79. The highest BCUT2D eigenvalue weighted by atomic mass is 16.5. The molecule has 0 aliphatic carbocycles. The van der Waals surface area contributed by atoms with Gasteiger partial charge in [0, 0.05) is 18.7 Å². The number of piperazine rings is 1. The third kappa shape index (κ3) is 7.07. The summed E-state index contributed by atoms with van der Waals surface area (Å²) in [4.78, 5) is 38.6. The van der Waals surface area contributed by atoms with Gasteiger partial charge in [-0.2, -0.15) is 0 Å². The molecule has 7 nitrogen and oxygen atoms in total. The van der Waals surface area contributed by atoms with E-state index >= 15 is 0 Å². The molecule has 1 N–H and O–H groups in total. The van der Waals surface area contributed by atoms with Gasteiger partial charge in [0.05, 0.1) is 19.6 Å². The van der Waals surface area contributed by atoms with Crippen molar-refractivity contribution >= 4 is 17.8 Å². The van der Waals surface area contributed by atoms with Gasteiger partial charge in [0.15, 0.2) is 0 Å². The van der Waals surface area contributed by atoms with Gasteiger partial charge in [-0.15, -0.1) is 0 Å². The fourth-order valence-electron chi connectivity index (χ4n) is 3.17. The zero-order valence-corrected chi connectivity index (χ0v) is 17.4. The molecule has 0 radical (unpaired) electrons. The van der Waals surface area contributed by atoms with Crippen molar-refractivity contribution in [3.05, 3.63) is 29.8 Å². The number of nitrogens with one attached hydrogen (secondary N) is 1. The first kappa shape index (κ1) is 22.7. The highest BCUT2D eigenvalue weighted by Crippen LogP contribution is 2.18. The lowest BCUT2D eigenvalue weighted by atomic mass is 10.1. The lowest BCUT2D eigenvalue weighted by Gasteiger charge is -2.34. The van der Waals surface area contributed by atoms with Gasteiger partial charge >= 0.3 is 5.97 Å². The van der Waals surface area contributed by atoms with E-state index in [-0.39, 0.29) is 18.2 Å². The van der Waals surface area contributed by atoms with Gasteiger partial charge in [-0.25, -0.2) is 0 Å². The topological polar surface area (TPSA) is 84.9 Å². The predicted molar refractivity (Wildman–Crippen MR) is 110 cm³/mol. The molecule has 1 heterocycles. The van der Waals surface area contributed by atoms with Gasteiger partial charge in [-0.05, 0) is 37.1 Å². The highest BCUT2D eigenvalue weighted by molar-refractivity contribution is 5.99. The molecule has 7 heteroatoms. The molecule has 1 fully saturated rings. The van der Waals surface area contributed by atoms with Crippen molar-refractivity contribution < 1.29 is 23.9 Å². The summed E-state index contributed by atoms with van der Waals surface area (Å²) in [5.74, 6) is -0.361. The monoisotopic (exact) mass is 404 g/mol. The van der Waals surface area contributed by atoms with Crippen LogP contribution in [0.2, 0.25) is 0 Å². The van der Waals surface area contributed by atoms with Crippen molar-refractivity contribution in [3.8, 4) is 5.75 Å². The molecule has 1 aliphatic rings. The van der Waals surface area contributed by atoms with Crippen molar-refractivity contribution in [1.82, 2.24) is 10.2 Å². The molecule has 1 aromatic carbocycles. The Morgan fingerprint density at radius 1 is 1.07 bits per heavy atom. The summed E-state index contributed by atoms with van der Waals surface area (Å²) in [7, 11) is 0. The zero-order valence-electron chi connectivity index (χ0n) is 17.4. The minimum absolute atomic E-state index is 0.142. The van der Waals surface area contributed by atoms with E-state index < -0.39 is 12.0 Å². The number of hydrogen-bond acceptors (Lipinski definition) is 5. The third-order valence-corrected chi connectivity index (χ3v) is 4.79. The molecule has 1 aliphatic heterocycles. The maximum Gasteiger partial charge on any atom is 0.308 e. The van der Waals surface area contributed by atoms with E-state index in [0.717, 1.165) is 12.8 Å². The second-order valence-electron chi connectivity index (χ2n) is 7.16. The number of ether oxygens (including phenoxy) is 2. The highest BCUT2D eigenvalue weighted by Gasteiger charge is 2.35. The van der Waals surface area contributed by atoms with Gasteiger partial charge in [0.2, 0.25) is 5.91 Å². The Morgan fingerprint density at radius 3 is 2.52 bits per heavy atom. The summed E-state index contributed by atoms with van der Waals surface area (Å²) in [5, 5.41) is 2.72. The fourth-order valence-corrected chi connectivity index (χ4v) is 3.17. The van der Waals surface area contributed by atoms with Gasteiger partial charge in [-0.3, -0.25) is 14.4 Å². The molecule has 0 saturated carbocycles. The molecule has 1 saturated heterocycles. The Morgan fingerprint density at radius 2 is 1.83 bits per heavy atom. The van der Waals surface area contributed by atoms with Crippen LogP contribution in [0.25, 0.3) is 0 Å². The van der Waals surface area contributed by atoms with Crippen molar-refractivity contribution in [2.75, 3.05) is 26.3 Å². The predicted octanol–water partition coefficient (Wildman–Crippen LogP) is 2.93. The smallest absolute Gasteiger partial charge is 0.308 e. The van der Waals surface area contributed by atoms with E-state index in [1.807, 2.05) is 6.92 Å². The van der Waals surface area contributed by atoms with Crippen LogP contribution < -0.4 is 10.1 Å². The molecule has 29 heavy (non-hydrogen) atoms. The molecule has 1 atom stereocenters. The summed E-state index contributed by atoms with van der Waals surface area (Å²) in [5.41, 5.74) is 0.463. The van der Waals surface area contributed by atoms with Crippen LogP contribution in [-0.2, 0) is 14.3 Å². The average Bonchev–Trinajstić information content (AvgIpc) is 2.73. The first-order chi connectivity index (χ1) is 14.1. The van der Waals surface area contributed by atoms with Crippen molar-refractivity contribution in [1.29, 1.82) is 0 Å². The zero-order chi connectivity index (χ0) is 21.1. The number of carbonyl (C=O) groups is 3. The first-order valence-corrected chi connectivity index (χ1v) is 10.5. The SMILES string of the molecule is CCCCCCOc1ccc(C(=O)N2CCNC(=O)C2CC(=O)OCCC)cc1. The lowest BCUT2D eigenvalue weighted by Crippen LogP contribution is -2.57. The van der Waals surface area contributed by atoms with Gasteiger partial charge in [-0.1, -0.05) is 33.1 Å². The largest absolute Gasteiger partial charge is 0.494 e. The number of carbonyl (C=O) groups excluding carboxylic acids is 3. The Hall–Kier alpha value is -2.57. The summed E-state index contributed by atoms with van der Waals surface area (Å²) >= 11 is 0. The molecular weight excluding hydrogens is 372 g/mol. The number of nitrogens with zero attached hydrogens (tertiary/aromatic N) is 1.